The molecule has 0 aliphatic carbocycles. The van der Waals surface area contributed by atoms with Gasteiger partial charge in [0.2, 0.25) is 0 Å². The van der Waals surface area contributed by atoms with Gasteiger partial charge in [-0.25, -0.2) is 4.67 Å². The van der Waals surface area contributed by atoms with Gasteiger partial charge in [-0.05, 0) is 38.9 Å². The van der Waals surface area contributed by atoms with E-state index in [2.05, 4.69) is 0 Å². The summed E-state index contributed by atoms with van der Waals surface area (Å²) in [5.74, 6) is 1.65. The second kappa shape index (κ2) is 4.28. The molecule has 70 valence electrons. The molecule has 3 nitrogen and oxygen atoms in total. The molecule has 1 unspecified atom stereocenters. The molecule has 0 bridgehead atoms. The Labute approximate surface area is 78.5 Å². The molecule has 0 aliphatic rings. The fraction of sp³-hybridized carbons (Fsp3) is 0.857. The molecule has 0 heterocycles. The van der Waals surface area contributed by atoms with E-state index in [1.807, 2.05) is 27.7 Å². The van der Waals surface area contributed by atoms with Gasteiger partial charge in [-0.3, -0.25) is 4.57 Å². The van der Waals surface area contributed by atoms with Crippen LogP contribution in [0.3, 0.4) is 0 Å². The monoisotopic (exact) mass is 208 g/mol. The number of halogens is 1. The third kappa shape index (κ3) is 2.79. The van der Waals surface area contributed by atoms with Crippen LogP contribution in [-0.2, 0) is 4.57 Å². The summed E-state index contributed by atoms with van der Waals surface area (Å²) in [6.45, 7) is 4.19. The number of hydrogen-bond acceptors (Lipinski definition) is 2. The molecule has 0 aromatic carbocycles. The third-order valence-electron chi connectivity index (χ3n) is 1.48. The Morgan fingerprint density at radius 2 is 1.67 bits per heavy atom. The summed E-state index contributed by atoms with van der Waals surface area (Å²) < 4.78 is 13.0. The van der Waals surface area contributed by atoms with Gasteiger partial charge in [0.25, 0.3) is 0 Å². The highest BCUT2D eigenvalue weighted by Crippen LogP contribution is 2.55. The molecular formula is C7H14ClN2OP. The SMILES string of the molecule is CC(C)N(C(C)C)P(=O)(Cl)C#N. The van der Waals surface area contributed by atoms with Crippen LogP contribution in [0.4, 0.5) is 0 Å². The van der Waals surface area contributed by atoms with E-state index < -0.39 is 6.65 Å². The predicted molar refractivity (Wildman–Crippen MR) is 51.2 cm³/mol. The summed E-state index contributed by atoms with van der Waals surface area (Å²) in [6, 6.07) is 0.0426. The Bertz CT molecular complexity index is 226. The van der Waals surface area contributed by atoms with Crippen LogP contribution in [0, 0.1) is 11.1 Å². The lowest BCUT2D eigenvalue weighted by Gasteiger charge is -2.30. The lowest BCUT2D eigenvalue weighted by Crippen LogP contribution is -2.32. The summed E-state index contributed by atoms with van der Waals surface area (Å²) >= 11 is 5.60. The average Bonchev–Trinajstić information content (AvgIpc) is 1.84. The molecule has 0 saturated heterocycles. The summed E-state index contributed by atoms with van der Waals surface area (Å²) in [5, 5.41) is 8.58. The lowest BCUT2D eigenvalue weighted by atomic mass is 10.3. The molecule has 0 saturated carbocycles. The standard InChI is InChI=1S/C7H14ClN2OP/c1-6(2)10(7(3)4)12(8,11)5-9/h6-7H,1-4H3. The van der Waals surface area contributed by atoms with Gasteiger partial charge in [0.15, 0.2) is 5.81 Å². The highest BCUT2D eigenvalue weighted by atomic mass is 35.7. The van der Waals surface area contributed by atoms with Gasteiger partial charge in [0.1, 0.15) is 0 Å². The Hall–Kier alpha value is -0.0300. The van der Waals surface area contributed by atoms with Crippen LogP contribution in [0.2, 0.25) is 0 Å². The smallest absolute Gasteiger partial charge is 0.272 e. The van der Waals surface area contributed by atoms with Gasteiger partial charge < -0.3 is 0 Å². The Morgan fingerprint density at radius 1 is 1.33 bits per heavy atom. The van der Waals surface area contributed by atoms with Crippen molar-refractivity contribution in [3.8, 4) is 5.81 Å². The number of hydrogen-bond donors (Lipinski definition) is 0. The highest BCUT2D eigenvalue weighted by Gasteiger charge is 2.32. The van der Waals surface area contributed by atoms with E-state index in [0.29, 0.717) is 0 Å². The first-order valence-electron chi connectivity index (χ1n) is 3.82. The number of nitriles is 1. The lowest BCUT2D eigenvalue weighted by molar-refractivity contribution is 0.310. The van der Waals surface area contributed by atoms with E-state index in [0.717, 1.165) is 0 Å². The first-order chi connectivity index (χ1) is 5.33. The molecule has 5 heteroatoms. The van der Waals surface area contributed by atoms with Crippen molar-refractivity contribution in [3.05, 3.63) is 0 Å². The van der Waals surface area contributed by atoms with Crippen molar-refractivity contribution < 1.29 is 4.57 Å². The zero-order valence-corrected chi connectivity index (χ0v) is 9.43. The summed E-state index contributed by atoms with van der Waals surface area (Å²) in [6.07, 6.45) is 0. The highest BCUT2D eigenvalue weighted by molar-refractivity contribution is 7.91. The van der Waals surface area contributed by atoms with Crippen LogP contribution in [-0.4, -0.2) is 16.8 Å². The van der Waals surface area contributed by atoms with Crippen molar-refractivity contribution in [1.29, 1.82) is 5.26 Å². The van der Waals surface area contributed by atoms with Gasteiger partial charge in [-0.1, -0.05) is 0 Å². The van der Waals surface area contributed by atoms with E-state index in [1.54, 1.807) is 5.81 Å². The molecule has 0 N–H and O–H groups in total. The molecule has 0 rings (SSSR count). The molecule has 0 aromatic heterocycles. The molecule has 0 radical (unpaired) electrons. The van der Waals surface area contributed by atoms with Crippen LogP contribution in [0.5, 0.6) is 0 Å². The van der Waals surface area contributed by atoms with Crippen molar-refractivity contribution in [2.24, 2.45) is 0 Å². The second-order valence-electron chi connectivity index (χ2n) is 3.17. The summed E-state index contributed by atoms with van der Waals surface area (Å²) in [5.41, 5.74) is 0. The van der Waals surface area contributed by atoms with Crippen LogP contribution in [0.15, 0.2) is 0 Å². The minimum absolute atomic E-state index is 0.0213. The maximum atomic E-state index is 11.5. The Kier molecular flexibility index (Phi) is 4.26. The molecule has 0 aromatic rings. The van der Waals surface area contributed by atoms with Crippen molar-refractivity contribution in [2.75, 3.05) is 0 Å². The van der Waals surface area contributed by atoms with Crippen molar-refractivity contribution >= 4 is 17.9 Å². The molecule has 0 amide bonds. The number of rotatable bonds is 3. The third-order valence-corrected chi connectivity index (χ3v) is 3.99. The summed E-state index contributed by atoms with van der Waals surface area (Å²) in [4.78, 5) is 0. The van der Waals surface area contributed by atoms with Crippen LogP contribution in [0.25, 0.3) is 0 Å². The topological polar surface area (TPSA) is 44.1 Å². The van der Waals surface area contributed by atoms with Gasteiger partial charge in [-0.15, -0.1) is 0 Å². The predicted octanol–water partition coefficient (Wildman–Crippen LogP) is 3.02. The Morgan fingerprint density at radius 3 is 1.75 bits per heavy atom. The van der Waals surface area contributed by atoms with E-state index in [1.165, 1.54) is 4.67 Å². The summed E-state index contributed by atoms with van der Waals surface area (Å²) in [7, 11) is 0. The molecule has 0 spiro atoms. The zero-order valence-electron chi connectivity index (χ0n) is 7.78. The normalized spacial score (nSPS) is 16.6. The fourth-order valence-electron chi connectivity index (χ4n) is 1.24. The molecule has 0 aliphatic heterocycles. The molecule has 12 heavy (non-hydrogen) atoms. The van der Waals surface area contributed by atoms with E-state index in [4.69, 9.17) is 16.5 Å². The van der Waals surface area contributed by atoms with Crippen molar-refractivity contribution in [2.45, 2.75) is 39.8 Å². The van der Waals surface area contributed by atoms with E-state index in [9.17, 15) is 4.57 Å². The van der Waals surface area contributed by atoms with E-state index >= 15 is 0 Å². The van der Waals surface area contributed by atoms with Gasteiger partial charge in [0, 0.05) is 12.1 Å². The van der Waals surface area contributed by atoms with Crippen molar-refractivity contribution in [1.82, 2.24) is 4.67 Å². The van der Waals surface area contributed by atoms with Gasteiger partial charge >= 0.3 is 6.65 Å². The first-order valence-corrected chi connectivity index (χ1v) is 6.39. The largest absolute Gasteiger partial charge is 0.331 e. The minimum Gasteiger partial charge on any atom is -0.272 e. The van der Waals surface area contributed by atoms with Gasteiger partial charge in [0.05, 0.1) is 0 Å². The van der Waals surface area contributed by atoms with Crippen LogP contribution < -0.4 is 0 Å². The quantitative estimate of drug-likeness (QED) is 0.670. The molecule has 1 atom stereocenters. The van der Waals surface area contributed by atoms with Crippen LogP contribution >= 0.6 is 17.9 Å². The molecular weight excluding hydrogens is 195 g/mol. The minimum atomic E-state index is -3.28. The van der Waals surface area contributed by atoms with Crippen LogP contribution in [0.1, 0.15) is 27.7 Å². The maximum absolute atomic E-state index is 11.5. The second-order valence-corrected chi connectivity index (χ2v) is 6.21. The van der Waals surface area contributed by atoms with Crippen molar-refractivity contribution in [3.63, 3.8) is 0 Å². The van der Waals surface area contributed by atoms with Gasteiger partial charge in [-0.2, -0.15) is 5.26 Å². The first kappa shape index (κ1) is 12.0. The average molecular weight is 209 g/mol. The molecule has 0 fully saturated rings. The van der Waals surface area contributed by atoms with E-state index in [-0.39, 0.29) is 12.1 Å². The zero-order chi connectivity index (χ0) is 9.94. The Balaban J connectivity index is 4.79. The number of nitrogens with zero attached hydrogens (tertiary/aromatic N) is 2. The fourth-order valence-corrected chi connectivity index (χ4v) is 3.58. The maximum Gasteiger partial charge on any atom is 0.331 e.